The number of ether oxygens (including phenoxy) is 2. The number of nitrogens with zero attached hydrogens (tertiary/aromatic N) is 2. The van der Waals surface area contributed by atoms with Gasteiger partial charge in [-0.25, -0.2) is 10.8 Å². The van der Waals surface area contributed by atoms with Crippen molar-refractivity contribution in [2.45, 2.75) is 26.0 Å². The second-order valence-corrected chi connectivity index (χ2v) is 3.89. The molecule has 1 fully saturated rings. The molecule has 0 radical (unpaired) electrons. The third-order valence-corrected chi connectivity index (χ3v) is 2.91. The number of rotatable bonds is 1. The van der Waals surface area contributed by atoms with Gasteiger partial charge in [-0.2, -0.15) is 0 Å². The normalized spacial score (nSPS) is 32.3. The van der Waals surface area contributed by atoms with Gasteiger partial charge in [-0.1, -0.05) is 0 Å². The van der Waals surface area contributed by atoms with Crippen molar-refractivity contribution in [1.82, 2.24) is 5.01 Å². The topological polar surface area (TPSA) is 60.1 Å². The van der Waals surface area contributed by atoms with E-state index < -0.39 is 0 Å². The molecule has 1 saturated heterocycles. The first kappa shape index (κ1) is 10.6. The minimum atomic E-state index is 0.00505. The Morgan fingerprint density at radius 2 is 2.27 bits per heavy atom. The van der Waals surface area contributed by atoms with Crippen LogP contribution < -0.4 is 5.84 Å². The van der Waals surface area contributed by atoms with Gasteiger partial charge in [0.1, 0.15) is 12.4 Å². The van der Waals surface area contributed by atoms with E-state index in [1.54, 1.807) is 11.3 Å². The average molecular weight is 211 g/mol. The molecule has 0 aromatic heterocycles. The molecule has 2 atom stereocenters. The maximum atomic E-state index is 5.88. The summed E-state index contributed by atoms with van der Waals surface area (Å²) < 4.78 is 11.1. The minimum absolute atomic E-state index is 0.00505. The summed E-state index contributed by atoms with van der Waals surface area (Å²) in [5.74, 6) is 5.88. The van der Waals surface area contributed by atoms with Crippen molar-refractivity contribution >= 4 is 6.34 Å². The van der Waals surface area contributed by atoms with E-state index in [1.165, 1.54) is 0 Å². The Morgan fingerprint density at radius 3 is 2.93 bits per heavy atom. The van der Waals surface area contributed by atoms with Crippen LogP contribution in [0, 0.1) is 0 Å². The number of hydrogen-bond acceptors (Lipinski definition) is 5. The summed E-state index contributed by atoms with van der Waals surface area (Å²) in [6, 6.07) is 0.0443. The molecule has 2 aliphatic heterocycles. The lowest BCUT2D eigenvalue weighted by Crippen LogP contribution is -2.53. The van der Waals surface area contributed by atoms with Crippen LogP contribution in [-0.2, 0) is 9.47 Å². The third-order valence-electron chi connectivity index (χ3n) is 2.91. The summed E-state index contributed by atoms with van der Waals surface area (Å²) in [6.45, 7) is 5.92. The Labute approximate surface area is 89.5 Å². The van der Waals surface area contributed by atoms with E-state index >= 15 is 0 Å². The lowest BCUT2D eigenvalue weighted by Gasteiger charge is -2.37. The molecule has 0 amide bonds. The van der Waals surface area contributed by atoms with E-state index in [0.29, 0.717) is 19.8 Å². The molecule has 0 aliphatic carbocycles. The van der Waals surface area contributed by atoms with Gasteiger partial charge in [0.25, 0.3) is 0 Å². The van der Waals surface area contributed by atoms with Gasteiger partial charge in [-0.15, -0.1) is 0 Å². The molecule has 0 aromatic carbocycles. The van der Waals surface area contributed by atoms with E-state index in [0.717, 1.165) is 11.3 Å². The van der Waals surface area contributed by atoms with Crippen LogP contribution in [0.15, 0.2) is 16.3 Å². The average Bonchev–Trinajstić information content (AvgIpc) is 2.26. The van der Waals surface area contributed by atoms with Gasteiger partial charge in [-0.05, 0) is 19.4 Å². The van der Waals surface area contributed by atoms with Crippen LogP contribution in [0.4, 0.5) is 0 Å². The first-order valence-electron chi connectivity index (χ1n) is 5.14. The van der Waals surface area contributed by atoms with Crippen LogP contribution >= 0.6 is 0 Å². The molecule has 2 N–H and O–H groups in total. The molecule has 2 aliphatic rings. The number of hydrazine groups is 1. The van der Waals surface area contributed by atoms with Crippen molar-refractivity contribution in [3.05, 3.63) is 11.3 Å². The van der Waals surface area contributed by atoms with E-state index in [9.17, 15) is 0 Å². The fourth-order valence-electron chi connectivity index (χ4n) is 1.92. The van der Waals surface area contributed by atoms with Gasteiger partial charge in [0.2, 0.25) is 0 Å². The highest BCUT2D eigenvalue weighted by molar-refractivity contribution is 5.60. The van der Waals surface area contributed by atoms with Gasteiger partial charge < -0.3 is 9.47 Å². The Bertz CT molecular complexity index is 295. The summed E-state index contributed by atoms with van der Waals surface area (Å²) in [4.78, 5) is 4.20. The molecule has 0 saturated carbocycles. The maximum absolute atomic E-state index is 5.88. The zero-order valence-electron chi connectivity index (χ0n) is 9.14. The van der Waals surface area contributed by atoms with Crippen molar-refractivity contribution in [3.63, 3.8) is 0 Å². The highest BCUT2D eigenvalue weighted by atomic mass is 16.6. The molecule has 84 valence electrons. The first-order chi connectivity index (χ1) is 7.20. The van der Waals surface area contributed by atoms with Gasteiger partial charge >= 0.3 is 0 Å². The molecule has 2 unspecified atom stereocenters. The fraction of sp³-hybridized carbons (Fsp3) is 0.700. The number of aliphatic imine (C=N–C) groups is 1. The minimum Gasteiger partial charge on any atom is -0.376 e. The maximum Gasteiger partial charge on any atom is 0.107 e. The van der Waals surface area contributed by atoms with Gasteiger partial charge in [0.05, 0.1) is 25.9 Å². The van der Waals surface area contributed by atoms with E-state index in [-0.39, 0.29) is 12.1 Å². The highest BCUT2D eigenvalue weighted by Crippen LogP contribution is 2.22. The lowest BCUT2D eigenvalue weighted by molar-refractivity contribution is -0.106. The van der Waals surface area contributed by atoms with E-state index in [4.69, 9.17) is 15.3 Å². The predicted molar refractivity (Wildman–Crippen MR) is 57.2 cm³/mol. The second kappa shape index (κ2) is 4.30. The van der Waals surface area contributed by atoms with Crippen molar-refractivity contribution in [1.29, 1.82) is 0 Å². The highest BCUT2D eigenvalue weighted by Gasteiger charge is 2.32. The first-order valence-corrected chi connectivity index (χ1v) is 5.14. The molecular formula is C10H17N3O2. The molecule has 2 heterocycles. The van der Waals surface area contributed by atoms with Gasteiger partial charge in [0, 0.05) is 5.70 Å². The molecule has 5 heteroatoms. The van der Waals surface area contributed by atoms with Crippen LogP contribution in [0.3, 0.4) is 0 Å². The molecule has 0 spiro atoms. The van der Waals surface area contributed by atoms with Crippen molar-refractivity contribution < 1.29 is 9.47 Å². The Morgan fingerprint density at radius 1 is 1.47 bits per heavy atom. The third kappa shape index (κ3) is 2.04. The zero-order valence-corrected chi connectivity index (χ0v) is 9.14. The zero-order chi connectivity index (χ0) is 10.8. The summed E-state index contributed by atoms with van der Waals surface area (Å²) in [7, 11) is 0. The summed E-state index contributed by atoms with van der Waals surface area (Å²) in [6.07, 6.45) is 1.65. The lowest BCUT2D eigenvalue weighted by atomic mass is 10.00. The Kier molecular flexibility index (Phi) is 3.04. The van der Waals surface area contributed by atoms with Crippen LogP contribution in [0.25, 0.3) is 0 Å². The summed E-state index contributed by atoms with van der Waals surface area (Å²) in [5.41, 5.74) is 2.16. The number of hydrogen-bond donors (Lipinski definition) is 1. The van der Waals surface area contributed by atoms with Crippen molar-refractivity contribution in [3.8, 4) is 0 Å². The van der Waals surface area contributed by atoms with E-state index in [1.807, 2.05) is 13.8 Å². The second-order valence-electron chi connectivity index (χ2n) is 3.89. The van der Waals surface area contributed by atoms with Crippen molar-refractivity contribution in [2.24, 2.45) is 10.8 Å². The largest absolute Gasteiger partial charge is 0.376 e. The Balaban J connectivity index is 2.15. The van der Waals surface area contributed by atoms with Crippen LogP contribution in [0.5, 0.6) is 0 Å². The molecular weight excluding hydrogens is 194 g/mol. The smallest absolute Gasteiger partial charge is 0.107 e. The monoisotopic (exact) mass is 211 g/mol. The standard InChI is InChI=1S/C10H17N3O2/c1-7-8(2)12-6-13(11)10(7)9-5-14-3-4-15-9/h6,9-10H,3-5,11H2,1-2H3. The molecule has 15 heavy (non-hydrogen) atoms. The molecule has 0 aromatic rings. The summed E-state index contributed by atoms with van der Waals surface area (Å²) >= 11 is 0. The fourth-order valence-corrected chi connectivity index (χ4v) is 1.92. The quantitative estimate of drug-likeness (QED) is 0.633. The molecule has 5 nitrogen and oxygen atoms in total. The van der Waals surface area contributed by atoms with Crippen LogP contribution in [-0.4, -0.2) is 43.3 Å². The molecule has 0 bridgehead atoms. The van der Waals surface area contributed by atoms with Crippen LogP contribution in [0.1, 0.15) is 13.8 Å². The van der Waals surface area contributed by atoms with Gasteiger partial charge in [-0.3, -0.25) is 5.01 Å². The van der Waals surface area contributed by atoms with Gasteiger partial charge in [0.15, 0.2) is 0 Å². The summed E-state index contributed by atoms with van der Waals surface area (Å²) in [5, 5.41) is 1.60. The molecule has 2 rings (SSSR count). The number of allylic oxidation sites excluding steroid dienone is 1. The SMILES string of the molecule is CC1=C(C)C(C2COCCO2)N(N)C=N1. The Hall–Kier alpha value is -0.910. The predicted octanol–water partition coefficient (Wildman–Crippen LogP) is 0.282. The number of nitrogens with two attached hydrogens (primary N) is 1. The van der Waals surface area contributed by atoms with Crippen LogP contribution in [0.2, 0.25) is 0 Å². The van der Waals surface area contributed by atoms with E-state index in [2.05, 4.69) is 4.99 Å². The van der Waals surface area contributed by atoms with Crippen molar-refractivity contribution in [2.75, 3.05) is 19.8 Å².